The molecule has 0 unspecified atom stereocenters. The van der Waals surface area contributed by atoms with E-state index < -0.39 is 6.61 Å². The number of benzene rings is 1. The van der Waals surface area contributed by atoms with Crippen LogP contribution < -0.4 is 15.2 Å². The molecule has 3 nitrogen and oxygen atoms in total. The van der Waals surface area contributed by atoms with Crippen LogP contribution in [0.25, 0.3) is 0 Å². The largest absolute Gasteiger partial charge is 0.487 e. The second kappa shape index (κ2) is 5.65. The second-order valence-electron chi connectivity index (χ2n) is 3.53. The van der Waals surface area contributed by atoms with Gasteiger partial charge in [0.15, 0.2) is 11.5 Å². The van der Waals surface area contributed by atoms with Crippen LogP contribution in [0.3, 0.4) is 0 Å². The highest BCUT2D eigenvalue weighted by atomic mass is 19.3. The van der Waals surface area contributed by atoms with E-state index in [9.17, 15) is 8.78 Å². The zero-order valence-electron chi connectivity index (χ0n) is 9.24. The summed E-state index contributed by atoms with van der Waals surface area (Å²) in [5, 5.41) is 0. The molecule has 0 saturated carbocycles. The van der Waals surface area contributed by atoms with E-state index in [0.717, 1.165) is 5.56 Å². The molecule has 5 heteroatoms. The summed E-state index contributed by atoms with van der Waals surface area (Å²) < 4.78 is 34.0. The number of nitrogens with two attached hydrogens (primary N) is 1. The summed E-state index contributed by atoms with van der Waals surface area (Å²) in [5.74, 6) is 0.319. The molecule has 0 amide bonds. The molecule has 1 rings (SSSR count). The number of hydrogen-bond acceptors (Lipinski definition) is 3. The average Bonchev–Trinajstić information content (AvgIpc) is 2.19. The van der Waals surface area contributed by atoms with E-state index in [0.29, 0.717) is 12.3 Å². The van der Waals surface area contributed by atoms with E-state index >= 15 is 0 Å². The average molecular weight is 231 g/mol. The van der Waals surface area contributed by atoms with Crippen LogP contribution in [0.15, 0.2) is 18.2 Å². The van der Waals surface area contributed by atoms with Crippen LogP contribution in [0.5, 0.6) is 11.5 Å². The van der Waals surface area contributed by atoms with Crippen molar-refractivity contribution in [3.8, 4) is 11.5 Å². The lowest BCUT2D eigenvalue weighted by molar-refractivity contribution is -0.0519. The van der Waals surface area contributed by atoms with Gasteiger partial charge in [-0.05, 0) is 31.5 Å². The highest BCUT2D eigenvalue weighted by Crippen LogP contribution is 2.30. The second-order valence-corrected chi connectivity index (χ2v) is 3.53. The molecule has 0 spiro atoms. The highest BCUT2D eigenvalue weighted by Gasteiger charge is 2.12. The van der Waals surface area contributed by atoms with Gasteiger partial charge in [-0.3, -0.25) is 0 Å². The Hall–Kier alpha value is -1.36. The minimum absolute atomic E-state index is 0.0286. The van der Waals surface area contributed by atoms with Gasteiger partial charge >= 0.3 is 6.61 Å². The van der Waals surface area contributed by atoms with Crippen molar-refractivity contribution in [2.24, 2.45) is 5.73 Å². The number of ether oxygens (including phenoxy) is 2. The summed E-state index contributed by atoms with van der Waals surface area (Å²) in [6.45, 7) is 1.07. The SMILES string of the molecule is CC(C)Oc1cc(CN)ccc1OC(F)F. The third kappa shape index (κ3) is 3.66. The van der Waals surface area contributed by atoms with Gasteiger partial charge in [-0.25, -0.2) is 0 Å². The van der Waals surface area contributed by atoms with E-state index in [1.165, 1.54) is 6.07 Å². The van der Waals surface area contributed by atoms with E-state index in [2.05, 4.69) is 4.74 Å². The first-order valence-electron chi connectivity index (χ1n) is 4.97. The molecule has 0 aromatic heterocycles. The van der Waals surface area contributed by atoms with Crippen molar-refractivity contribution in [1.29, 1.82) is 0 Å². The molecule has 0 atom stereocenters. The van der Waals surface area contributed by atoms with Crippen LogP contribution in [-0.4, -0.2) is 12.7 Å². The van der Waals surface area contributed by atoms with Crippen LogP contribution in [-0.2, 0) is 6.54 Å². The molecule has 16 heavy (non-hydrogen) atoms. The Morgan fingerprint density at radius 2 is 1.88 bits per heavy atom. The van der Waals surface area contributed by atoms with Crippen molar-refractivity contribution in [3.63, 3.8) is 0 Å². The van der Waals surface area contributed by atoms with Gasteiger partial charge in [0.2, 0.25) is 0 Å². The normalized spacial score (nSPS) is 10.9. The molecule has 0 saturated heterocycles. The number of alkyl halides is 2. The minimum atomic E-state index is -2.86. The Morgan fingerprint density at radius 1 is 1.19 bits per heavy atom. The van der Waals surface area contributed by atoms with Crippen molar-refractivity contribution in [2.75, 3.05) is 0 Å². The third-order valence-electron chi connectivity index (χ3n) is 1.82. The summed E-state index contributed by atoms with van der Waals surface area (Å²) in [4.78, 5) is 0. The quantitative estimate of drug-likeness (QED) is 0.846. The highest BCUT2D eigenvalue weighted by molar-refractivity contribution is 5.43. The summed E-state index contributed by atoms with van der Waals surface area (Å²) in [7, 11) is 0. The van der Waals surface area contributed by atoms with Gasteiger partial charge in [-0.15, -0.1) is 0 Å². The molecule has 1 aromatic carbocycles. The Balaban J connectivity index is 2.96. The lowest BCUT2D eigenvalue weighted by Gasteiger charge is -2.15. The van der Waals surface area contributed by atoms with Gasteiger partial charge < -0.3 is 15.2 Å². The standard InChI is InChI=1S/C11H15F2NO2/c1-7(2)15-10-5-8(6-14)3-4-9(10)16-11(12)13/h3-5,7,11H,6,14H2,1-2H3. The fourth-order valence-corrected chi connectivity index (χ4v) is 1.22. The monoisotopic (exact) mass is 231 g/mol. The molecule has 0 aliphatic heterocycles. The van der Waals surface area contributed by atoms with Crippen molar-refractivity contribution >= 4 is 0 Å². The molecule has 1 aromatic rings. The first-order valence-corrected chi connectivity index (χ1v) is 4.97. The summed E-state index contributed by atoms with van der Waals surface area (Å²) in [6, 6.07) is 4.68. The molecule has 0 aliphatic carbocycles. The van der Waals surface area contributed by atoms with Crippen LogP contribution in [0.2, 0.25) is 0 Å². The summed E-state index contributed by atoms with van der Waals surface area (Å²) in [5.41, 5.74) is 6.26. The Bertz CT molecular complexity index is 343. The molecule has 0 radical (unpaired) electrons. The van der Waals surface area contributed by atoms with Gasteiger partial charge in [0.1, 0.15) is 0 Å². The zero-order chi connectivity index (χ0) is 12.1. The van der Waals surface area contributed by atoms with E-state index in [4.69, 9.17) is 10.5 Å². The Labute approximate surface area is 93.2 Å². The van der Waals surface area contributed by atoms with Gasteiger partial charge in [-0.2, -0.15) is 8.78 Å². The lowest BCUT2D eigenvalue weighted by atomic mass is 10.2. The minimum Gasteiger partial charge on any atom is -0.487 e. The number of rotatable bonds is 5. The molecular weight excluding hydrogens is 216 g/mol. The van der Waals surface area contributed by atoms with Crippen LogP contribution in [0.4, 0.5) is 8.78 Å². The van der Waals surface area contributed by atoms with Gasteiger partial charge in [0, 0.05) is 6.54 Å². The molecule has 0 fully saturated rings. The zero-order valence-corrected chi connectivity index (χ0v) is 9.24. The van der Waals surface area contributed by atoms with E-state index in [-0.39, 0.29) is 11.9 Å². The van der Waals surface area contributed by atoms with Crippen LogP contribution in [0, 0.1) is 0 Å². The lowest BCUT2D eigenvalue weighted by Crippen LogP contribution is -2.10. The molecule has 0 aliphatic rings. The first-order chi connectivity index (χ1) is 7.52. The fraction of sp³-hybridized carbons (Fsp3) is 0.455. The van der Waals surface area contributed by atoms with Gasteiger partial charge in [-0.1, -0.05) is 6.07 Å². The first kappa shape index (κ1) is 12.7. The van der Waals surface area contributed by atoms with E-state index in [1.807, 2.05) is 0 Å². The van der Waals surface area contributed by atoms with Crippen molar-refractivity contribution in [2.45, 2.75) is 33.1 Å². The maximum atomic E-state index is 12.1. The van der Waals surface area contributed by atoms with Crippen LogP contribution in [0.1, 0.15) is 19.4 Å². The maximum absolute atomic E-state index is 12.1. The maximum Gasteiger partial charge on any atom is 0.387 e. The molecule has 0 bridgehead atoms. The van der Waals surface area contributed by atoms with Gasteiger partial charge in [0.25, 0.3) is 0 Å². The topological polar surface area (TPSA) is 44.5 Å². The van der Waals surface area contributed by atoms with Crippen LogP contribution >= 0.6 is 0 Å². The molecule has 0 heterocycles. The predicted octanol–water partition coefficient (Wildman–Crippen LogP) is 2.53. The number of halogens is 2. The summed E-state index contributed by atoms with van der Waals surface area (Å²) in [6.07, 6.45) is -0.118. The predicted molar refractivity (Wildman–Crippen MR) is 56.7 cm³/mol. The smallest absolute Gasteiger partial charge is 0.387 e. The molecular formula is C11H15F2NO2. The molecule has 90 valence electrons. The van der Waals surface area contributed by atoms with Gasteiger partial charge in [0.05, 0.1) is 6.10 Å². The Morgan fingerprint density at radius 3 is 2.38 bits per heavy atom. The fourth-order valence-electron chi connectivity index (χ4n) is 1.22. The number of hydrogen-bond donors (Lipinski definition) is 1. The molecule has 2 N–H and O–H groups in total. The Kier molecular flexibility index (Phi) is 4.49. The van der Waals surface area contributed by atoms with Crippen molar-refractivity contribution in [3.05, 3.63) is 23.8 Å². The summed E-state index contributed by atoms with van der Waals surface area (Å²) >= 11 is 0. The van der Waals surface area contributed by atoms with Crippen molar-refractivity contribution < 1.29 is 18.3 Å². The van der Waals surface area contributed by atoms with Crippen molar-refractivity contribution in [1.82, 2.24) is 0 Å². The van der Waals surface area contributed by atoms with E-state index in [1.54, 1.807) is 26.0 Å². The third-order valence-corrected chi connectivity index (χ3v) is 1.82.